The molecule has 2 rings (SSSR count). The topological polar surface area (TPSA) is 32.3 Å². The van der Waals surface area contributed by atoms with E-state index in [9.17, 15) is 0 Å². The fourth-order valence-corrected chi connectivity index (χ4v) is 2.16. The Hall–Kier alpha value is -0.390. The minimum atomic E-state index is 0.537. The number of aromatic nitrogens is 2. The van der Waals surface area contributed by atoms with E-state index in [1.54, 1.807) is 0 Å². The van der Waals surface area contributed by atoms with Crippen LogP contribution in [0.2, 0.25) is 5.15 Å². The highest BCUT2D eigenvalue weighted by atomic mass is 35.5. The molecule has 0 amide bonds. The molecule has 1 saturated heterocycles. The molecule has 2 heterocycles. The average molecular weight is 249 g/mol. The second kappa shape index (κ2) is 6.25. The predicted molar refractivity (Wildman–Crippen MR) is 66.0 cm³/mol. The first-order valence-electron chi connectivity index (χ1n) is 5.19. The number of likely N-dealkylation sites (N-methyl/N-ethyl adjacent to an activating group) is 1. The van der Waals surface area contributed by atoms with Crippen molar-refractivity contribution in [3.8, 4) is 0 Å². The van der Waals surface area contributed by atoms with Crippen LogP contribution in [0.5, 0.6) is 0 Å². The summed E-state index contributed by atoms with van der Waals surface area (Å²) in [5.74, 6) is 0.847. The third kappa shape index (κ3) is 3.29. The Labute approximate surface area is 100 Å². The molecule has 0 radical (unpaired) electrons. The summed E-state index contributed by atoms with van der Waals surface area (Å²) >= 11 is 7.06. The van der Waals surface area contributed by atoms with Crippen molar-refractivity contribution in [3.05, 3.63) is 5.15 Å². The summed E-state index contributed by atoms with van der Waals surface area (Å²) in [6.07, 6.45) is 0. The lowest BCUT2D eigenvalue weighted by Crippen LogP contribution is -2.44. The maximum atomic E-state index is 5.89. The summed E-state index contributed by atoms with van der Waals surface area (Å²) < 4.78 is 8.12. The van der Waals surface area contributed by atoms with Crippen molar-refractivity contribution in [2.24, 2.45) is 0 Å². The minimum Gasteiger partial charge on any atom is -0.351 e. The Morgan fingerprint density at radius 3 is 2.20 bits per heavy atom. The van der Waals surface area contributed by atoms with Gasteiger partial charge in [0.05, 0.1) is 11.7 Å². The van der Waals surface area contributed by atoms with Gasteiger partial charge in [0.2, 0.25) is 0 Å². The third-order valence-electron chi connectivity index (χ3n) is 2.24. The molecular formula is C9H17ClN4S. The molecule has 86 valence electrons. The van der Waals surface area contributed by atoms with Crippen LogP contribution in [-0.4, -0.2) is 46.9 Å². The van der Waals surface area contributed by atoms with Gasteiger partial charge in [-0.25, -0.2) is 0 Å². The molecule has 0 unspecified atom stereocenters. The van der Waals surface area contributed by atoms with E-state index < -0.39 is 0 Å². The van der Waals surface area contributed by atoms with E-state index in [1.165, 1.54) is 11.7 Å². The summed E-state index contributed by atoms with van der Waals surface area (Å²) in [5.41, 5.74) is 0. The first-order valence-corrected chi connectivity index (χ1v) is 6.30. The summed E-state index contributed by atoms with van der Waals surface area (Å²) in [5, 5.41) is 0.537. The largest absolute Gasteiger partial charge is 0.351 e. The molecular weight excluding hydrogens is 232 g/mol. The van der Waals surface area contributed by atoms with Gasteiger partial charge in [0, 0.05) is 26.2 Å². The van der Waals surface area contributed by atoms with Gasteiger partial charge in [0.15, 0.2) is 11.0 Å². The van der Waals surface area contributed by atoms with Gasteiger partial charge in [0.1, 0.15) is 0 Å². The Morgan fingerprint density at radius 2 is 1.73 bits per heavy atom. The molecule has 15 heavy (non-hydrogen) atoms. The zero-order chi connectivity index (χ0) is 11.3. The van der Waals surface area contributed by atoms with Crippen molar-refractivity contribution in [2.75, 3.05) is 38.1 Å². The van der Waals surface area contributed by atoms with Crippen molar-refractivity contribution in [3.63, 3.8) is 0 Å². The van der Waals surface area contributed by atoms with Gasteiger partial charge in [-0.15, -0.1) is 0 Å². The van der Waals surface area contributed by atoms with E-state index in [0.29, 0.717) is 5.15 Å². The number of hydrogen-bond acceptors (Lipinski definition) is 5. The Balaban J connectivity index is 0.000000531. The van der Waals surface area contributed by atoms with Crippen LogP contribution in [0.4, 0.5) is 5.82 Å². The number of rotatable bonds is 1. The van der Waals surface area contributed by atoms with Gasteiger partial charge in [-0.1, -0.05) is 25.4 Å². The van der Waals surface area contributed by atoms with Gasteiger partial charge in [0.25, 0.3) is 0 Å². The maximum absolute atomic E-state index is 5.89. The van der Waals surface area contributed by atoms with E-state index in [-0.39, 0.29) is 0 Å². The van der Waals surface area contributed by atoms with Crippen LogP contribution in [0.3, 0.4) is 0 Å². The molecule has 1 aliphatic rings. The van der Waals surface area contributed by atoms with Crippen LogP contribution < -0.4 is 4.90 Å². The number of nitrogens with zero attached hydrogens (tertiary/aromatic N) is 4. The van der Waals surface area contributed by atoms with Crippen LogP contribution in [0.25, 0.3) is 0 Å². The van der Waals surface area contributed by atoms with Crippen LogP contribution in [0, 0.1) is 0 Å². The van der Waals surface area contributed by atoms with Crippen LogP contribution in [-0.2, 0) is 0 Å². The molecule has 0 saturated carbocycles. The molecule has 0 atom stereocenters. The molecule has 6 heteroatoms. The van der Waals surface area contributed by atoms with Crippen molar-refractivity contribution in [1.82, 2.24) is 13.6 Å². The number of anilines is 1. The normalized spacial score (nSPS) is 17.2. The summed E-state index contributed by atoms with van der Waals surface area (Å²) in [6.45, 7) is 8.10. The highest BCUT2D eigenvalue weighted by molar-refractivity contribution is 6.99. The first-order chi connectivity index (χ1) is 7.27. The second-order valence-electron chi connectivity index (χ2n) is 3.17. The molecule has 4 nitrogen and oxygen atoms in total. The molecule has 0 aromatic carbocycles. The average Bonchev–Trinajstić information content (AvgIpc) is 2.69. The van der Waals surface area contributed by atoms with Crippen LogP contribution in [0.15, 0.2) is 0 Å². The second-order valence-corrected chi connectivity index (χ2v) is 4.06. The maximum Gasteiger partial charge on any atom is 0.187 e. The smallest absolute Gasteiger partial charge is 0.187 e. The van der Waals surface area contributed by atoms with Gasteiger partial charge in [-0.2, -0.15) is 8.75 Å². The molecule has 0 bridgehead atoms. The summed E-state index contributed by atoms with van der Waals surface area (Å²) in [7, 11) is 2.12. The Morgan fingerprint density at radius 1 is 1.13 bits per heavy atom. The fraction of sp³-hybridized carbons (Fsp3) is 0.778. The monoisotopic (exact) mass is 248 g/mol. The quantitative estimate of drug-likeness (QED) is 0.761. The van der Waals surface area contributed by atoms with Gasteiger partial charge in [-0.3, -0.25) is 0 Å². The zero-order valence-corrected chi connectivity index (χ0v) is 11.0. The number of halogens is 1. The van der Waals surface area contributed by atoms with E-state index in [4.69, 9.17) is 11.6 Å². The van der Waals surface area contributed by atoms with Crippen molar-refractivity contribution >= 4 is 29.1 Å². The number of hydrogen-bond donors (Lipinski definition) is 0. The van der Waals surface area contributed by atoms with Crippen LogP contribution in [0.1, 0.15) is 13.8 Å². The van der Waals surface area contributed by atoms with E-state index >= 15 is 0 Å². The SMILES string of the molecule is CC.CN1CCN(c2nsnc2Cl)CC1. The third-order valence-corrected chi connectivity index (χ3v) is 3.11. The lowest BCUT2D eigenvalue weighted by Gasteiger charge is -2.32. The van der Waals surface area contributed by atoms with E-state index in [0.717, 1.165) is 32.0 Å². The van der Waals surface area contributed by atoms with Gasteiger partial charge >= 0.3 is 0 Å². The molecule has 1 aromatic heterocycles. The van der Waals surface area contributed by atoms with Crippen molar-refractivity contribution < 1.29 is 0 Å². The molecule has 1 aliphatic heterocycles. The van der Waals surface area contributed by atoms with Gasteiger partial charge < -0.3 is 9.80 Å². The van der Waals surface area contributed by atoms with E-state index in [1.807, 2.05) is 13.8 Å². The number of piperazine rings is 1. The molecule has 0 spiro atoms. The highest BCUT2D eigenvalue weighted by Gasteiger charge is 2.18. The fourth-order valence-electron chi connectivity index (χ4n) is 1.38. The molecule has 1 aromatic rings. The van der Waals surface area contributed by atoms with Crippen molar-refractivity contribution in [2.45, 2.75) is 13.8 Å². The Kier molecular flexibility index (Phi) is 5.28. The lowest BCUT2D eigenvalue weighted by molar-refractivity contribution is 0.312. The lowest BCUT2D eigenvalue weighted by atomic mass is 10.3. The predicted octanol–water partition coefficient (Wildman–Crippen LogP) is 1.97. The summed E-state index contributed by atoms with van der Waals surface area (Å²) in [6, 6.07) is 0. The summed E-state index contributed by atoms with van der Waals surface area (Å²) in [4.78, 5) is 4.48. The molecule has 0 N–H and O–H groups in total. The van der Waals surface area contributed by atoms with E-state index in [2.05, 4.69) is 25.6 Å². The van der Waals surface area contributed by atoms with Crippen LogP contribution >= 0.6 is 23.3 Å². The minimum absolute atomic E-state index is 0.537. The highest BCUT2D eigenvalue weighted by Crippen LogP contribution is 2.23. The van der Waals surface area contributed by atoms with Crippen molar-refractivity contribution in [1.29, 1.82) is 0 Å². The Bertz CT molecular complexity index is 283. The first kappa shape index (κ1) is 12.7. The molecule has 1 fully saturated rings. The standard InChI is InChI=1S/C7H11ClN4S.C2H6/c1-11-2-4-12(5-3-11)7-6(8)9-13-10-7;1-2/h2-5H2,1H3;1-2H3. The zero-order valence-electron chi connectivity index (χ0n) is 9.40. The molecule has 0 aliphatic carbocycles. The van der Waals surface area contributed by atoms with Gasteiger partial charge in [-0.05, 0) is 7.05 Å².